The van der Waals surface area contributed by atoms with Crippen molar-refractivity contribution in [3.8, 4) is 5.88 Å². The number of azo groups is 1. The van der Waals surface area contributed by atoms with Crippen LogP contribution in [0.15, 0.2) is 83.0 Å². The average molecular weight is 431 g/mol. The highest BCUT2D eigenvalue weighted by Crippen LogP contribution is 2.30. The predicted octanol–water partition coefficient (Wildman–Crippen LogP) is 5.64. The molecule has 5 rings (SSSR count). The van der Waals surface area contributed by atoms with E-state index >= 15 is 0 Å². The molecule has 2 N–H and O–H groups in total. The second-order valence-corrected chi connectivity index (χ2v) is 7.39. The van der Waals surface area contributed by atoms with Crippen molar-refractivity contribution in [1.82, 2.24) is 4.98 Å². The molecule has 7 heteroatoms. The smallest absolute Gasteiger partial charge is 0.416 e. The van der Waals surface area contributed by atoms with Crippen LogP contribution in [0.3, 0.4) is 0 Å². The first-order valence-electron chi connectivity index (χ1n) is 9.81. The van der Waals surface area contributed by atoms with Gasteiger partial charge in [-0.15, -0.1) is 10.2 Å². The molecule has 4 nitrogen and oxygen atoms in total. The van der Waals surface area contributed by atoms with Crippen LogP contribution in [0.25, 0.3) is 28.8 Å². The first-order valence-corrected chi connectivity index (χ1v) is 9.81. The zero-order chi connectivity index (χ0) is 22.3. The van der Waals surface area contributed by atoms with Crippen LogP contribution in [-0.4, -0.2) is 10.1 Å². The Morgan fingerprint density at radius 3 is 2.44 bits per heavy atom. The predicted molar refractivity (Wildman–Crippen MR) is 118 cm³/mol. The Balaban J connectivity index is 1.47. The zero-order valence-electron chi connectivity index (χ0n) is 16.6. The SMILES string of the molecule is Oc1[nH]c2ccccc2c1C=c1ccc2c(c1)N=NC=2C=Cc1ccc(C(F)(F)F)cc1. The molecular weight excluding hydrogens is 415 g/mol. The molecule has 1 aliphatic heterocycles. The Morgan fingerprint density at radius 1 is 0.875 bits per heavy atom. The summed E-state index contributed by atoms with van der Waals surface area (Å²) in [5.41, 5.74) is 2.81. The largest absolute Gasteiger partial charge is 0.494 e. The van der Waals surface area contributed by atoms with E-state index in [-0.39, 0.29) is 5.88 Å². The summed E-state index contributed by atoms with van der Waals surface area (Å²) in [6.45, 7) is 0. The number of para-hydroxylation sites is 1. The van der Waals surface area contributed by atoms with Crippen LogP contribution in [-0.2, 0) is 6.18 Å². The molecule has 0 fully saturated rings. The number of benzene rings is 3. The standard InChI is InChI=1S/C25H16F3N3O/c26-25(27,28)17-9-5-15(6-10-17)8-12-22-19-11-7-16(14-23(19)31-30-22)13-20-18-3-1-2-4-21(18)29-24(20)32/h1-14,29,32H. The van der Waals surface area contributed by atoms with E-state index in [0.717, 1.165) is 33.5 Å². The highest BCUT2D eigenvalue weighted by atomic mass is 19.4. The Kier molecular flexibility index (Phi) is 4.66. The van der Waals surface area contributed by atoms with Crippen LogP contribution in [0.5, 0.6) is 5.88 Å². The van der Waals surface area contributed by atoms with E-state index in [4.69, 9.17) is 0 Å². The topological polar surface area (TPSA) is 60.7 Å². The van der Waals surface area contributed by atoms with Crippen molar-refractivity contribution in [3.63, 3.8) is 0 Å². The second-order valence-electron chi connectivity index (χ2n) is 7.39. The molecular formula is C25H16F3N3O. The minimum atomic E-state index is -4.35. The third kappa shape index (κ3) is 3.69. The van der Waals surface area contributed by atoms with Gasteiger partial charge >= 0.3 is 6.18 Å². The number of fused-ring (bicyclic) bond motifs is 2. The maximum atomic E-state index is 12.7. The van der Waals surface area contributed by atoms with Gasteiger partial charge in [0.25, 0.3) is 0 Å². The van der Waals surface area contributed by atoms with E-state index in [9.17, 15) is 18.3 Å². The van der Waals surface area contributed by atoms with Gasteiger partial charge < -0.3 is 10.1 Å². The second kappa shape index (κ2) is 7.53. The Morgan fingerprint density at radius 2 is 1.66 bits per heavy atom. The van der Waals surface area contributed by atoms with E-state index in [2.05, 4.69) is 15.2 Å². The molecule has 3 aromatic carbocycles. The number of halogens is 3. The third-order valence-electron chi connectivity index (χ3n) is 5.27. The summed E-state index contributed by atoms with van der Waals surface area (Å²) in [5.74, 6) is 0.0973. The molecule has 0 aliphatic carbocycles. The number of nitrogens with zero attached hydrogens (tertiary/aromatic N) is 2. The summed E-state index contributed by atoms with van der Waals surface area (Å²) in [7, 11) is 0. The summed E-state index contributed by atoms with van der Waals surface area (Å²) in [6, 6.07) is 18.2. The van der Waals surface area contributed by atoms with Crippen LogP contribution in [0.2, 0.25) is 0 Å². The quantitative estimate of drug-likeness (QED) is 0.433. The Hall–Kier alpha value is -4.13. The number of hydrogen-bond acceptors (Lipinski definition) is 3. The number of nitrogens with one attached hydrogen (secondary N) is 1. The number of rotatable bonds is 3. The zero-order valence-corrected chi connectivity index (χ0v) is 16.6. The van der Waals surface area contributed by atoms with E-state index in [1.165, 1.54) is 12.1 Å². The molecule has 0 radical (unpaired) electrons. The van der Waals surface area contributed by atoms with Gasteiger partial charge in [0, 0.05) is 21.7 Å². The number of aromatic hydroxyl groups is 1. The van der Waals surface area contributed by atoms with Crippen LogP contribution >= 0.6 is 0 Å². The summed E-state index contributed by atoms with van der Waals surface area (Å²) < 4.78 is 38.1. The molecule has 1 aliphatic rings. The van der Waals surface area contributed by atoms with E-state index < -0.39 is 11.7 Å². The van der Waals surface area contributed by atoms with Crippen LogP contribution in [0.4, 0.5) is 18.9 Å². The fourth-order valence-electron chi connectivity index (χ4n) is 3.64. The Bertz CT molecular complexity index is 1510. The summed E-state index contributed by atoms with van der Waals surface area (Å²) >= 11 is 0. The summed E-state index contributed by atoms with van der Waals surface area (Å²) in [4.78, 5) is 2.96. The van der Waals surface area contributed by atoms with Gasteiger partial charge in [-0.2, -0.15) is 13.2 Å². The fourth-order valence-corrected chi connectivity index (χ4v) is 3.64. The monoisotopic (exact) mass is 431 g/mol. The van der Waals surface area contributed by atoms with Gasteiger partial charge in [0.05, 0.1) is 16.9 Å². The van der Waals surface area contributed by atoms with Gasteiger partial charge in [-0.25, -0.2) is 0 Å². The highest BCUT2D eigenvalue weighted by Gasteiger charge is 2.29. The number of H-pyrrole nitrogens is 1. The van der Waals surface area contributed by atoms with Crippen molar-refractivity contribution >= 4 is 34.4 Å². The van der Waals surface area contributed by atoms with Crippen molar-refractivity contribution in [3.05, 3.63) is 99.9 Å². The maximum absolute atomic E-state index is 12.7. The lowest BCUT2D eigenvalue weighted by Crippen LogP contribution is -2.08. The molecule has 2 heterocycles. The lowest BCUT2D eigenvalue weighted by molar-refractivity contribution is -0.137. The van der Waals surface area contributed by atoms with Gasteiger partial charge in [-0.3, -0.25) is 0 Å². The summed E-state index contributed by atoms with van der Waals surface area (Å²) in [6.07, 6.45) is 0.953. The third-order valence-corrected chi connectivity index (χ3v) is 5.27. The van der Waals surface area contributed by atoms with E-state index in [1.54, 1.807) is 12.2 Å². The van der Waals surface area contributed by atoms with E-state index in [0.29, 0.717) is 22.5 Å². The molecule has 0 unspecified atom stereocenters. The van der Waals surface area contributed by atoms with Crippen molar-refractivity contribution in [2.45, 2.75) is 6.18 Å². The number of aromatic nitrogens is 1. The fraction of sp³-hybridized carbons (Fsp3) is 0.0400. The molecule has 0 amide bonds. The molecule has 0 spiro atoms. The minimum absolute atomic E-state index is 0.0973. The number of hydrogen-bond donors (Lipinski definition) is 2. The number of alkyl halides is 3. The minimum Gasteiger partial charge on any atom is -0.494 e. The lowest BCUT2D eigenvalue weighted by atomic mass is 10.1. The molecule has 1 aromatic heterocycles. The van der Waals surface area contributed by atoms with Gasteiger partial charge in [-0.05, 0) is 53.3 Å². The molecule has 0 saturated heterocycles. The van der Waals surface area contributed by atoms with Gasteiger partial charge in [0.1, 0.15) is 0 Å². The first-order chi connectivity index (χ1) is 15.4. The van der Waals surface area contributed by atoms with Crippen molar-refractivity contribution < 1.29 is 18.3 Å². The van der Waals surface area contributed by atoms with Crippen molar-refractivity contribution in [2.24, 2.45) is 10.2 Å². The molecule has 0 saturated carbocycles. The molecule has 32 heavy (non-hydrogen) atoms. The van der Waals surface area contributed by atoms with Crippen molar-refractivity contribution in [1.29, 1.82) is 0 Å². The normalized spacial score (nSPS) is 14.1. The molecule has 4 aromatic rings. The maximum Gasteiger partial charge on any atom is 0.416 e. The lowest BCUT2D eigenvalue weighted by Gasteiger charge is -2.05. The highest BCUT2D eigenvalue weighted by molar-refractivity contribution is 5.91. The van der Waals surface area contributed by atoms with Crippen LogP contribution < -0.4 is 10.4 Å². The number of aromatic amines is 1. The first kappa shape index (κ1) is 19.8. The molecule has 0 bridgehead atoms. The van der Waals surface area contributed by atoms with Crippen molar-refractivity contribution in [2.75, 3.05) is 0 Å². The van der Waals surface area contributed by atoms with Gasteiger partial charge in [0.15, 0.2) is 5.88 Å². The summed E-state index contributed by atoms with van der Waals surface area (Å²) in [5, 5.41) is 21.3. The molecule has 0 atom stereocenters. The van der Waals surface area contributed by atoms with Gasteiger partial charge in [0.2, 0.25) is 0 Å². The molecule has 158 valence electrons. The van der Waals surface area contributed by atoms with Gasteiger partial charge in [-0.1, -0.05) is 42.5 Å². The Labute approximate surface area is 180 Å². The van der Waals surface area contributed by atoms with E-state index in [1.807, 2.05) is 48.5 Å². The van der Waals surface area contributed by atoms with Crippen LogP contribution in [0, 0.1) is 0 Å². The average Bonchev–Trinajstić information content (AvgIpc) is 3.32. The van der Waals surface area contributed by atoms with Crippen LogP contribution in [0.1, 0.15) is 16.7 Å².